The molecule has 0 spiro atoms. The zero-order valence-corrected chi connectivity index (χ0v) is 10.6. The molecule has 4 nitrogen and oxygen atoms in total. The smallest absolute Gasteiger partial charge is 0.309 e. The second-order valence-electron chi connectivity index (χ2n) is 5.37. The highest BCUT2D eigenvalue weighted by atomic mass is 16.4. The topological polar surface area (TPSA) is 55.1 Å². The van der Waals surface area contributed by atoms with E-state index >= 15 is 0 Å². The van der Waals surface area contributed by atoms with E-state index < -0.39 is 5.97 Å². The summed E-state index contributed by atoms with van der Waals surface area (Å²) in [5.74, 6) is -0.497. The van der Waals surface area contributed by atoms with Crippen molar-refractivity contribution < 1.29 is 9.90 Å². The first-order chi connectivity index (χ1) is 7.21. The number of rotatable bonds is 3. The summed E-state index contributed by atoms with van der Waals surface area (Å²) in [6.07, 6.45) is -0.0111. The molecular formula is C12H20N2O2. The average Bonchev–Trinajstić information content (AvgIpc) is 2.45. The third-order valence-electron chi connectivity index (χ3n) is 2.35. The summed E-state index contributed by atoms with van der Waals surface area (Å²) in [4.78, 5) is 10.7. The van der Waals surface area contributed by atoms with E-state index in [1.807, 2.05) is 10.7 Å². The molecule has 1 aromatic heterocycles. The van der Waals surface area contributed by atoms with Gasteiger partial charge in [-0.15, -0.1) is 0 Å². The number of carboxylic acid groups (broad SMARTS) is 1. The summed E-state index contributed by atoms with van der Waals surface area (Å²) in [7, 11) is 0. The SMILES string of the molecule is CC(C)c1cc(CC(=O)O)nn1C(C)(C)C. The molecule has 0 bridgehead atoms. The molecule has 1 aromatic rings. The monoisotopic (exact) mass is 224 g/mol. The average molecular weight is 224 g/mol. The molecule has 90 valence electrons. The fraction of sp³-hybridized carbons (Fsp3) is 0.667. The van der Waals surface area contributed by atoms with E-state index in [0.717, 1.165) is 5.69 Å². The Morgan fingerprint density at radius 3 is 2.38 bits per heavy atom. The summed E-state index contributed by atoms with van der Waals surface area (Å²) in [6.45, 7) is 10.4. The van der Waals surface area contributed by atoms with Crippen LogP contribution in [-0.4, -0.2) is 20.9 Å². The van der Waals surface area contributed by atoms with Gasteiger partial charge in [-0.05, 0) is 32.8 Å². The van der Waals surface area contributed by atoms with Crippen LogP contribution >= 0.6 is 0 Å². The summed E-state index contributed by atoms with van der Waals surface area (Å²) >= 11 is 0. The molecule has 0 amide bonds. The van der Waals surface area contributed by atoms with Crippen LogP contribution in [0.4, 0.5) is 0 Å². The maximum Gasteiger partial charge on any atom is 0.309 e. The molecule has 1 rings (SSSR count). The lowest BCUT2D eigenvalue weighted by molar-refractivity contribution is -0.136. The van der Waals surface area contributed by atoms with Crippen LogP contribution in [0.1, 0.15) is 51.9 Å². The quantitative estimate of drug-likeness (QED) is 0.857. The Balaban J connectivity index is 3.15. The van der Waals surface area contributed by atoms with Crippen molar-refractivity contribution in [2.45, 2.75) is 52.5 Å². The van der Waals surface area contributed by atoms with Crippen molar-refractivity contribution in [3.05, 3.63) is 17.5 Å². The molecular weight excluding hydrogens is 204 g/mol. The molecule has 0 unspecified atom stereocenters. The molecule has 1 N–H and O–H groups in total. The van der Waals surface area contributed by atoms with Crippen LogP contribution in [0.5, 0.6) is 0 Å². The van der Waals surface area contributed by atoms with Gasteiger partial charge in [0.15, 0.2) is 0 Å². The molecule has 0 saturated heterocycles. The fourth-order valence-electron chi connectivity index (χ4n) is 1.64. The Labute approximate surface area is 96.3 Å². The molecule has 0 fully saturated rings. The van der Waals surface area contributed by atoms with E-state index in [4.69, 9.17) is 5.11 Å². The van der Waals surface area contributed by atoms with Gasteiger partial charge in [0.25, 0.3) is 0 Å². The van der Waals surface area contributed by atoms with Crippen molar-refractivity contribution in [2.24, 2.45) is 0 Å². The minimum Gasteiger partial charge on any atom is -0.481 e. The Bertz CT molecular complexity index is 386. The Morgan fingerprint density at radius 2 is 2.06 bits per heavy atom. The van der Waals surface area contributed by atoms with Crippen molar-refractivity contribution >= 4 is 5.97 Å². The van der Waals surface area contributed by atoms with Gasteiger partial charge in [-0.25, -0.2) is 0 Å². The summed E-state index contributed by atoms with van der Waals surface area (Å²) < 4.78 is 1.93. The van der Waals surface area contributed by atoms with Gasteiger partial charge in [0.2, 0.25) is 0 Å². The van der Waals surface area contributed by atoms with Crippen LogP contribution in [0.25, 0.3) is 0 Å². The molecule has 16 heavy (non-hydrogen) atoms. The molecule has 4 heteroatoms. The van der Waals surface area contributed by atoms with Crippen molar-refractivity contribution in [1.82, 2.24) is 9.78 Å². The van der Waals surface area contributed by atoms with Crippen molar-refractivity contribution in [2.75, 3.05) is 0 Å². The molecule has 0 atom stereocenters. The van der Waals surface area contributed by atoms with Gasteiger partial charge in [-0.1, -0.05) is 13.8 Å². The number of aromatic nitrogens is 2. The zero-order chi connectivity index (χ0) is 12.5. The highest BCUT2D eigenvalue weighted by Gasteiger charge is 2.21. The van der Waals surface area contributed by atoms with Crippen molar-refractivity contribution in [1.29, 1.82) is 0 Å². The van der Waals surface area contributed by atoms with E-state index in [1.54, 1.807) is 0 Å². The summed E-state index contributed by atoms with van der Waals surface area (Å²) in [6, 6.07) is 1.89. The second-order valence-corrected chi connectivity index (χ2v) is 5.37. The number of hydrogen-bond acceptors (Lipinski definition) is 2. The van der Waals surface area contributed by atoms with Crippen LogP contribution in [0.15, 0.2) is 6.07 Å². The van der Waals surface area contributed by atoms with Gasteiger partial charge in [0.05, 0.1) is 17.7 Å². The number of aliphatic carboxylic acids is 1. The lowest BCUT2D eigenvalue weighted by Gasteiger charge is -2.23. The Kier molecular flexibility index (Phi) is 3.41. The first-order valence-corrected chi connectivity index (χ1v) is 5.53. The predicted octanol–water partition coefficient (Wildman–Crippen LogP) is 2.39. The third-order valence-corrected chi connectivity index (χ3v) is 2.35. The lowest BCUT2D eigenvalue weighted by Crippen LogP contribution is -2.26. The lowest BCUT2D eigenvalue weighted by atomic mass is 10.1. The van der Waals surface area contributed by atoms with Gasteiger partial charge >= 0.3 is 5.97 Å². The Morgan fingerprint density at radius 1 is 1.50 bits per heavy atom. The fourth-order valence-corrected chi connectivity index (χ4v) is 1.64. The van der Waals surface area contributed by atoms with E-state index in [9.17, 15) is 4.79 Å². The van der Waals surface area contributed by atoms with E-state index in [1.165, 1.54) is 0 Å². The minimum absolute atomic E-state index is 0.0111. The number of nitrogens with zero attached hydrogens (tertiary/aromatic N) is 2. The van der Waals surface area contributed by atoms with E-state index in [2.05, 4.69) is 39.7 Å². The zero-order valence-electron chi connectivity index (χ0n) is 10.6. The Hall–Kier alpha value is -1.32. The molecule has 0 radical (unpaired) electrons. The molecule has 0 aliphatic rings. The van der Waals surface area contributed by atoms with Gasteiger partial charge in [0.1, 0.15) is 0 Å². The van der Waals surface area contributed by atoms with Gasteiger partial charge in [-0.2, -0.15) is 5.10 Å². The second kappa shape index (κ2) is 4.28. The van der Waals surface area contributed by atoms with Crippen LogP contribution < -0.4 is 0 Å². The molecule has 1 heterocycles. The number of carboxylic acids is 1. The number of hydrogen-bond donors (Lipinski definition) is 1. The first kappa shape index (κ1) is 12.7. The molecule has 0 saturated carbocycles. The standard InChI is InChI=1S/C12H20N2O2/c1-8(2)10-6-9(7-11(15)16)13-14(10)12(3,4)5/h6,8H,7H2,1-5H3,(H,15,16). The highest BCUT2D eigenvalue weighted by molar-refractivity contribution is 5.69. The van der Waals surface area contributed by atoms with Gasteiger partial charge in [0, 0.05) is 5.69 Å². The van der Waals surface area contributed by atoms with Crippen LogP contribution in [0, 0.1) is 0 Å². The minimum atomic E-state index is -0.839. The summed E-state index contributed by atoms with van der Waals surface area (Å²) in [5, 5.41) is 13.1. The normalized spacial score (nSPS) is 12.1. The molecule has 0 aromatic carbocycles. The van der Waals surface area contributed by atoms with Crippen LogP contribution in [0.3, 0.4) is 0 Å². The van der Waals surface area contributed by atoms with Crippen molar-refractivity contribution in [3.8, 4) is 0 Å². The van der Waals surface area contributed by atoms with Crippen LogP contribution in [-0.2, 0) is 16.8 Å². The summed E-state index contributed by atoms with van der Waals surface area (Å²) in [5.41, 5.74) is 1.60. The number of carbonyl (C=O) groups is 1. The van der Waals surface area contributed by atoms with Crippen LogP contribution in [0.2, 0.25) is 0 Å². The highest BCUT2D eigenvalue weighted by Crippen LogP contribution is 2.23. The van der Waals surface area contributed by atoms with Crippen molar-refractivity contribution in [3.63, 3.8) is 0 Å². The van der Waals surface area contributed by atoms with Gasteiger partial charge in [-0.3, -0.25) is 9.48 Å². The molecule has 0 aliphatic carbocycles. The maximum atomic E-state index is 10.7. The third kappa shape index (κ3) is 2.84. The van der Waals surface area contributed by atoms with Gasteiger partial charge < -0.3 is 5.11 Å². The van der Waals surface area contributed by atoms with E-state index in [0.29, 0.717) is 11.6 Å². The van der Waals surface area contributed by atoms with E-state index in [-0.39, 0.29) is 12.0 Å². The maximum absolute atomic E-state index is 10.7. The first-order valence-electron chi connectivity index (χ1n) is 5.53. The largest absolute Gasteiger partial charge is 0.481 e. The predicted molar refractivity (Wildman–Crippen MR) is 62.7 cm³/mol. The molecule has 0 aliphatic heterocycles.